The Labute approximate surface area is 174 Å². The molecule has 0 saturated carbocycles. The summed E-state index contributed by atoms with van der Waals surface area (Å²) in [6, 6.07) is 13.5. The van der Waals surface area contributed by atoms with Gasteiger partial charge in [0.05, 0.1) is 5.69 Å². The van der Waals surface area contributed by atoms with Gasteiger partial charge in [-0.1, -0.05) is 23.7 Å². The van der Waals surface area contributed by atoms with Gasteiger partial charge in [0.2, 0.25) is 5.89 Å². The topological polar surface area (TPSA) is 58.6 Å². The first-order chi connectivity index (χ1) is 13.8. The van der Waals surface area contributed by atoms with E-state index in [0.717, 1.165) is 44.6 Å². The second-order valence-electron chi connectivity index (χ2n) is 7.31. The Hall–Kier alpha value is -3.11. The van der Waals surface area contributed by atoms with Crippen molar-refractivity contribution in [1.29, 1.82) is 0 Å². The quantitative estimate of drug-likeness (QED) is 0.380. The van der Waals surface area contributed by atoms with Crippen LogP contribution in [0.25, 0.3) is 22.6 Å². The highest BCUT2D eigenvalue weighted by Gasteiger charge is 2.12. The third kappa shape index (κ3) is 3.64. The monoisotopic (exact) mass is 404 g/mol. The van der Waals surface area contributed by atoms with Crippen LogP contribution in [0.3, 0.4) is 0 Å². The lowest BCUT2D eigenvalue weighted by molar-refractivity contribution is 0.473. The average molecular weight is 405 g/mol. The van der Waals surface area contributed by atoms with Gasteiger partial charge in [-0.2, -0.15) is 0 Å². The average Bonchev–Trinajstić information content (AvgIpc) is 3.10. The number of phenols is 1. The van der Waals surface area contributed by atoms with Gasteiger partial charge >= 0.3 is 0 Å². The number of aryl methyl sites for hydroxylation is 3. The summed E-state index contributed by atoms with van der Waals surface area (Å²) in [7, 11) is 0. The van der Waals surface area contributed by atoms with E-state index < -0.39 is 0 Å². The van der Waals surface area contributed by atoms with Crippen molar-refractivity contribution in [1.82, 2.24) is 4.98 Å². The number of aliphatic imine (C=N–C) groups is 1. The molecule has 0 amide bonds. The number of aromatic hydroxyl groups is 1. The molecule has 0 saturated heterocycles. The maximum Gasteiger partial charge on any atom is 0.227 e. The largest absolute Gasteiger partial charge is 0.507 e. The molecular formula is C24H21ClN2O2. The lowest BCUT2D eigenvalue weighted by Gasteiger charge is -2.09. The van der Waals surface area contributed by atoms with Crippen molar-refractivity contribution in [2.45, 2.75) is 27.7 Å². The molecule has 5 heteroatoms. The van der Waals surface area contributed by atoms with Gasteiger partial charge in [-0.25, -0.2) is 4.98 Å². The number of oxazole rings is 1. The molecule has 0 aliphatic heterocycles. The van der Waals surface area contributed by atoms with Crippen molar-refractivity contribution in [3.8, 4) is 17.2 Å². The molecule has 0 bridgehead atoms. The maximum atomic E-state index is 10.3. The second-order valence-corrected chi connectivity index (χ2v) is 7.69. The molecule has 0 aliphatic rings. The van der Waals surface area contributed by atoms with Gasteiger partial charge in [-0.3, -0.25) is 4.99 Å². The van der Waals surface area contributed by atoms with Gasteiger partial charge in [-0.15, -0.1) is 0 Å². The molecule has 3 aromatic carbocycles. The van der Waals surface area contributed by atoms with E-state index in [-0.39, 0.29) is 5.75 Å². The van der Waals surface area contributed by atoms with Gasteiger partial charge in [0, 0.05) is 22.4 Å². The number of phenolic OH excluding ortho intramolecular Hbond substituents is 1. The van der Waals surface area contributed by atoms with E-state index in [9.17, 15) is 5.11 Å². The summed E-state index contributed by atoms with van der Waals surface area (Å²) in [6.45, 7) is 7.76. The van der Waals surface area contributed by atoms with Crippen LogP contribution in [0.1, 0.15) is 27.8 Å². The van der Waals surface area contributed by atoms with Crippen molar-refractivity contribution in [2.75, 3.05) is 0 Å². The molecule has 4 nitrogen and oxygen atoms in total. The minimum absolute atomic E-state index is 0.163. The van der Waals surface area contributed by atoms with Crippen LogP contribution in [0.4, 0.5) is 5.69 Å². The fourth-order valence-corrected chi connectivity index (χ4v) is 3.45. The van der Waals surface area contributed by atoms with Crippen molar-refractivity contribution < 1.29 is 9.52 Å². The van der Waals surface area contributed by atoms with E-state index in [2.05, 4.69) is 9.98 Å². The predicted octanol–water partition coefficient (Wildman–Crippen LogP) is 6.84. The minimum Gasteiger partial charge on any atom is -0.507 e. The summed E-state index contributed by atoms with van der Waals surface area (Å²) in [5.41, 5.74) is 7.61. The predicted molar refractivity (Wildman–Crippen MR) is 119 cm³/mol. The van der Waals surface area contributed by atoms with E-state index >= 15 is 0 Å². The smallest absolute Gasteiger partial charge is 0.227 e. The molecule has 0 atom stereocenters. The first kappa shape index (κ1) is 19.2. The van der Waals surface area contributed by atoms with Gasteiger partial charge in [0.15, 0.2) is 5.58 Å². The molecular weight excluding hydrogens is 384 g/mol. The maximum absolute atomic E-state index is 10.3. The SMILES string of the molecule is Cc1ccc2oc(-c3ccc(C)c(N=Cc4c(O)cc(C)c(Cl)c4C)c3)nc2c1. The summed E-state index contributed by atoms with van der Waals surface area (Å²) in [6.07, 6.45) is 1.65. The Kier molecular flexibility index (Phi) is 4.89. The molecule has 0 aliphatic carbocycles. The number of nitrogens with zero attached hydrogens (tertiary/aromatic N) is 2. The van der Waals surface area contributed by atoms with Crippen molar-refractivity contribution in [3.63, 3.8) is 0 Å². The molecule has 1 N–H and O–H groups in total. The van der Waals surface area contributed by atoms with Crippen LogP contribution in [0.2, 0.25) is 5.02 Å². The number of aromatic nitrogens is 1. The second kappa shape index (κ2) is 7.37. The molecule has 0 radical (unpaired) electrons. The number of rotatable bonds is 3. The lowest BCUT2D eigenvalue weighted by atomic mass is 10.0. The Balaban J connectivity index is 1.74. The van der Waals surface area contributed by atoms with Crippen LogP contribution in [-0.2, 0) is 0 Å². The van der Waals surface area contributed by atoms with E-state index in [1.807, 2.05) is 64.1 Å². The summed E-state index contributed by atoms with van der Waals surface area (Å²) in [4.78, 5) is 9.22. The highest BCUT2D eigenvalue weighted by atomic mass is 35.5. The Morgan fingerprint density at radius 2 is 1.79 bits per heavy atom. The Morgan fingerprint density at radius 1 is 1.00 bits per heavy atom. The Bertz CT molecular complexity index is 1270. The molecule has 4 rings (SSSR count). The van der Waals surface area contributed by atoms with Gasteiger partial charge in [-0.05, 0) is 80.3 Å². The zero-order valence-corrected chi connectivity index (χ0v) is 17.5. The number of halogens is 1. The normalized spacial score (nSPS) is 11.6. The molecule has 146 valence electrons. The van der Waals surface area contributed by atoms with Crippen LogP contribution in [0.5, 0.6) is 5.75 Å². The van der Waals surface area contributed by atoms with Crippen molar-refractivity contribution in [2.24, 2.45) is 4.99 Å². The minimum atomic E-state index is 0.163. The molecule has 4 aromatic rings. The molecule has 0 spiro atoms. The molecule has 29 heavy (non-hydrogen) atoms. The highest BCUT2D eigenvalue weighted by Crippen LogP contribution is 2.32. The number of fused-ring (bicyclic) bond motifs is 1. The van der Waals surface area contributed by atoms with E-state index in [1.165, 1.54) is 0 Å². The van der Waals surface area contributed by atoms with Crippen LogP contribution >= 0.6 is 11.6 Å². The van der Waals surface area contributed by atoms with Crippen molar-refractivity contribution in [3.05, 3.63) is 75.3 Å². The number of hydrogen-bond donors (Lipinski definition) is 1. The zero-order chi connectivity index (χ0) is 20.7. The van der Waals surface area contributed by atoms with E-state index in [1.54, 1.807) is 12.3 Å². The van der Waals surface area contributed by atoms with Crippen LogP contribution in [0, 0.1) is 27.7 Å². The van der Waals surface area contributed by atoms with Crippen LogP contribution < -0.4 is 0 Å². The first-order valence-electron chi connectivity index (χ1n) is 9.34. The molecule has 0 fully saturated rings. The summed E-state index contributed by atoms with van der Waals surface area (Å²) in [5, 5.41) is 10.9. The highest BCUT2D eigenvalue weighted by molar-refractivity contribution is 6.32. The molecule has 1 heterocycles. The lowest BCUT2D eigenvalue weighted by Crippen LogP contribution is -1.92. The third-order valence-corrected chi connectivity index (χ3v) is 5.62. The van der Waals surface area contributed by atoms with E-state index in [4.69, 9.17) is 16.0 Å². The van der Waals surface area contributed by atoms with E-state index in [0.29, 0.717) is 16.5 Å². The fraction of sp³-hybridized carbons (Fsp3) is 0.167. The van der Waals surface area contributed by atoms with Crippen LogP contribution in [0.15, 0.2) is 51.9 Å². The summed E-state index contributed by atoms with van der Waals surface area (Å²) in [5.74, 6) is 0.718. The molecule has 1 aromatic heterocycles. The third-order valence-electron chi connectivity index (χ3n) is 5.04. The fourth-order valence-electron chi connectivity index (χ4n) is 3.29. The first-order valence-corrected chi connectivity index (χ1v) is 9.72. The zero-order valence-electron chi connectivity index (χ0n) is 16.7. The number of hydrogen-bond acceptors (Lipinski definition) is 4. The molecule has 0 unspecified atom stereocenters. The van der Waals surface area contributed by atoms with Gasteiger partial charge < -0.3 is 9.52 Å². The van der Waals surface area contributed by atoms with Gasteiger partial charge in [0.25, 0.3) is 0 Å². The Morgan fingerprint density at radius 3 is 2.59 bits per heavy atom. The summed E-state index contributed by atoms with van der Waals surface area (Å²) < 4.78 is 5.91. The summed E-state index contributed by atoms with van der Waals surface area (Å²) >= 11 is 6.33. The van der Waals surface area contributed by atoms with Gasteiger partial charge in [0.1, 0.15) is 11.3 Å². The van der Waals surface area contributed by atoms with Crippen molar-refractivity contribution >= 4 is 34.6 Å². The van der Waals surface area contributed by atoms with Crippen LogP contribution in [-0.4, -0.2) is 16.3 Å². The standard InChI is InChI=1S/C24H21ClN2O2/c1-13-5-8-22-20(9-13)27-24(29-22)17-7-6-14(2)19(11-17)26-12-18-16(4)23(25)15(3)10-21(18)28/h5-12,28H,1-4H3. The number of benzene rings is 3.